The fourth-order valence-electron chi connectivity index (χ4n) is 2.52. The Morgan fingerprint density at radius 2 is 1.62 bits per heavy atom. The Bertz CT molecular complexity index is 894. The van der Waals surface area contributed by atoms with Crippen LogP contribution in [0.5, 0.6) is 5.75 Å². The predicted octanol–water partition coefficient (Wildman–Crippen LogP) is 3.95. The third-order valence-corrected chi connectivity index (χ3v) is 4.02. The number of anilines is 2. The molecule has 0 aliphatic rings. The molecular formula is C18H17ClN4O. The highest BCUT2D eigenvalue weighted by molar-refractivity contribution is 6.32. The maximum absolute atomic E-state index is 6.25. The van der Waals surface area contributed by atoms with E-state index in [0.717, 1.165) is 16.7 Å². The van der Waals surface area contributed by atoms with Crippen molar-refractivity contribution < 1.29 is 4.74 Å². The highest BCUT2D eigenvalue weighted by atomic mass is 35.5. The van der Waals surface area contributed by atoms with Gasteiger partial charge in [0, 0.05) is 5.56 Å². The average Bonchev–Trinajstić information content (AvgIpc) is 2.55. The van der Waals surface area contributed by atoms with Gasteiger partial charge in [-0.1, -0.05) is 47.5 Å². The van der Waals surface area contributed by atoms with Crippen molar-refractivity contribution in [2.45, 2.75) is 6.92 Å². The Morgan fingerprint density at radius 1 is 0.958 bits per heavy atom. The summed E-state index contributed by atoms with van der Waals surface area (Å²) in [5.74, 6) is 1.03. The van der Waals surface area contributed by atoms with Crippen LogP contribution in [0.3, 0.4) is 0 Å². The number of benzene rings is 2. The number of hydrogen-bond donors (Lipinski definition) is 2. The highest BCUT2D eigenvalue weighted by Crippen LogP contribution is 2.38. The predicted molar refractivity (Wildman–Crippen MR) is 98.0 cm³/mol. The summed E-state index contributed by atoms with van der Waals surface area (Å²) in [5.41, 5.74) is 16.2. The van der Waals surface area contributed by atoms with Crippen LogP contribution in [0, 0.1) is 6.92 Å². The van der Waals surface area contributed by atoms with E-state index in [2.05, 4.69) is 9.97 Å². The lowest BCUT2D eigenvalue weighted by molar-refractivity contribution is 0.415. The number of aryl methyl sites for hydroxylation is 1. The summed E-state index contributed by atoms with van der Waals surface area (Å²) < 4.78 is 5.20. The van der Waals surface area contributed by atoms with E-state index in [4.69, 9.17) is 27.8 Å². The number of nitrogens with zero attached hydrogens (tertiary/aromatic N) is 2. The largest absolute Gasteiger partial charge is 0.495 e. The molecule has 0 saturated heterocycles. The topological polar surface area (TPSA) is 87.0 Å². The second kappa shape index (κ2) is 6.37. The summed E-state index contributed by atoms with van der Waals surface area (Å²) in [7, 11) is 1.57. The molecule has 24 heavy (non-hydrogen) atoms. The molecule has 0 bridgehead atoms. The molecule has 3 rings (SSSR count). The van der Waals surface area contributed by atoms with Gasteiger partial charge in [-0.05, 0) is 24.6 Å². The molecule has 0 fully saturated rings. The van der Waals surface area contributed by atoms with Crippen LogP contribution in [-0.4, -0.2) is 17.1 Å². The average molecular weight is 341 g/mol. The van der Waals surface area contributed by atoms with Gasteiger partial charge in [-0.3, -0.25) is 0 Å². The van der Waals surface area contributed by atoms with Crippen LogP contribution in [0.1, 0.15) is 5.56 Å². The Hall–Kier alpha value is -2.79. The van der Waals surface area contributed by atoms with Crippen LogP contribution in [0.4, 0.5) is 11.8 Å². The van der Waals surface area contributed by atoms with Gasteiger partial charge in [0.1, 0.15) is 11.6 Å². The van der Waals surface area contributed by atoms with Crippen molar-refractivity contribution in [1.82, 2.24) is 9.97 Å². The van der Waals surface area contributed by atoms with Crippen molar-refractivity contribution in [3.63, 3.8) is 0 Å². The van der Waals surface area contributed by atoms with E-state index < -0.39 is 0 Å². The molecule has 1 aromatic heterocycles. The van der Waals surface area contributed by atoms with Crippen LogP contribution in [-0.2, 0) is 0 Å². The van der Waals surface area contributed by atoms with E-state index in [1.165, 1.54) is 0 Å². The van der Waals surface area contributed by atoms with Crippen LogP contribution in [0.15, 0.2) is 42.5 Å². The fourth-order valence-corrected chi connectivity index (χ4v) is 2.78. The normalized spacial score (nSPS) is 10.6. The van der Waals surface area contributed by atoms with E-state index in [-0.39, 0.29) is 5.95 Å². The zero-order valence-corrected chi connectivity index (χ0v) is 14.1. The third-order valence-electron chi connectivity index (χ3n) is 3.72. The molecule has 0 unspecified atom stereocenters. The maximum Gasteiger partial charge on any atom is 0.222 e. The van der Waals surface area contributed by atoms with E-state index in [1.807, 2.05) is 37.3 Å². The SMILES string of the molecule is COc1ccc(-c2c(N)nc(N)nc2-c2ccc(C)cc2)cc1Cl. The molecule has 122 valence electrons. The summed E-state index contributed by atoms with van der Waals surface area (Å²) in [4.78, 5) is 8.49. The fraction of sp³-hybridized carbons (Fsp3) is 0.111. The number of ether oxygens (including phenoxy) is 1. The van der Waals surface area contributed by atoms with Gasteiger partial charge in [-0.15, -0.1) is 0 Å². The van der Waals surface area contributed by atoms with Crippen LogP contribution < -0.4 is 16.2 Å². The van der Waals surface area contributed by atoms with E-state index in [1.54, 1.807) is 19.2 Å². The molecule has 5 nitrogen and oxygen atoms in total. The summed E-state index contributed by atoms with van der Waals surface area (Å²) in [5, 5.41) is 0.487. The van der Waals surface area contributed by atoms with Gasteiger partial charge in [-0.2, -0.15) is 4.98 Å². The van der Waals surface area contributed by atoms with Crippen LogP contribution in [0.2, 0.25) is 5.02 Å². The Labute approximate surface area is 145 Å². The smallest absolute Gasteiger partial charge is 0.222 e. The molecule has 0 atom stereocenters. The van der Waals surface area contributed by atoms with Crippen LogP contribution >= 0.6 is 11.6 Å². The minimum absolute atomic E-state index is 0.131. The zero-order chi connectivity index (χ0) is 17.3. The first-order valence-corrected chi connectivity index (χ1v) is 7.71. The molecule has 4 N–H and O–H groups in total. The van der Waals surface area contributed by atoms with Gasteiger partial charge in [0.05, 0.1) is 23.4 Å². The molecule has 0 aliphatic carbocycles. The molecule has 6 heteroatoms. The van der Waals surface area contributed by atoms with Crippen molar-refractivity contribution in [3.05, 3.63) is 53.1 Å². The second-order valence-corrected chi connectivity index (χ2v) is 5.81. The molecule has 2 aromatic carbocycles. The molecule has 0 amide bonds. The van der Waals surface area contributed by atoms with Gasteiger partial charge >= 0.3 is 0 Å². The first-order chi connectivity index (χ1) is 11.5. The van der Waals surface area contributed by atoms with Crippen molar-refractivity contribution in [3.8, 4) is 28.1 Å². The lowest BCUT2D eigenvalue weighted by Gasteiger charge is -2.13. The first-order valence-electron chi connectivity index (χ1n) is 7.33. The number of hydrogen-bond acceptors (Lipinski definition) is 5. The zero-order valence-electron chi connectivity index (χ0n) is 13.4. The van der Waals surface area contributed by atoms with Gasteiger partial charge < -0.3 is 16.2 Å². The Kier molecular flexibility index (Phi) is 4.27. The minimum Gasteiger partial charge on any atom is -0.495 e. The van der Waals surface area contributed by atoms with Crippen molar-refractivity contribution >= 4 is 23.4 Å². The Morgan fingerprint density at radius 3 is 2.25 bits per heavy atom. The van der Waals surface area contributed by atoms with E-state index in [9.17, 15) is 0 Å². The highest BCUT2D eigenvalue weighted by Gasteiger charge is 2.16. The quantitative estimate of drug-likeness (QED) is 0.754. The number of aromatic nitrogens is 2. The van der Waals surface area contributed by atoms with Crippen molar-refractivity contribution in [2.24, 2.45) is 0 Å². The number of rotatable bonds is 3. The van der Waals surface area contributed by atoms with Gasteiger partial charge in [0.2, 0.25) is 5.95 Å². The summed E-state index contributed by atoms with van der Waals surface area (Å²) in [6, 6.07) is 13.4. The molecule has 0 saturated carbocycles. The second-order valence-electron chi connectivity index (χ2n) is 5.41. The minimum atomic E-state index is 0.131. The Balaban J connectivity index is 2.24. The monoisotopic (exact) mass is 340 g/mol. The number of nitrogens with two attached hydrogens (primary N) is 2. The number of halogens is 1. The van der Waals surface area contributed by atoms with Gasteiger partial charge in [-0.25, -0.2) is 4.98 Å². The molecule has 0 radical (unpaired) electrons. The van der Waals surface area contributed by atoms with E-state index >= 15 is 0 Å². The summed E-state index contributed by atoms with van der Waals surface area (Å²) in [6.45, 7) is 2.02. The first kappa shape index (κ1) is 16.1. The van der Waals surface area contributed by atoms with Crippen molar-refractivity contribution in [1.29, 1.82) is 0 Å². The molecule has 0 spiro atoms. The number of nitrogen functional groups attached to an aromatic ring is 2. The lowest BCUT2D eigenvalue weighted by Crippen LogP contribution is -2.04. The third kappa shape index (κ3) is 2.98. The van der Waals surface area contributed by atoms with Crippen LogP contribution in [0.25, 0.3) is 22.4 Å². The molecule has 0 aliphatic heterocycles. The van der Waals surface area contributed by atoms with Crippen molar-refractivity contribution in [2.75, 3.05) is 18.6 Å². The molecule has 3 aromatic rings. The standard InChI is InChI=1S/C18H17ClN4O/c1-10-3-5-11(6-4-10)16-15(17(20)23-18(21)22-16)12-7-8-14(24-2)13(19)9-12/h3-9H,1-2H3,(H4,20,21,22,23). The molecule has 1 heterocycles. The maximum atomic E-state index is 6.25. The van der Waals surface area contributed by atoms with Gasteiger partial charge in [0.25, 0.3) is 0 Å². The lowest BCUT2D eigenvalue weighted by atomic mass is 9.99. The van der Waals surface area contributed by atoms with E-state index in [0.29, 0.717) is 27.8 Å². The summed E-state index contributed by atoms with van der Waals surface area (Å²) >= 11 is 6.25. The summed E-state index contributed by atoms with van der Waals surface area (Å²) in [6.07, 6.45) is 0. The van der Waals surface area contributed by atoms with Gasteiger partial charge in [0.15, 0.2) is 0 Å². The number of methoxy groups -OCH3 is 1. The molecular weight excluding hydrogens is 324 g/mol.